The molecule has 2 aliphatic heterocycles. The Morgan fingerprint density at radius 3 is 2.59 bits per heavy atom. The summed E-state index contributed by atoms with van der Waals surface area (Å²) >= 11 is 5.82. The first-order valence-electron chi connectivity index (χ1n) is 12.4. The zero-order valence-electron chi connectivity index (χ0n) is 20.9. The molecule has 0 bridgehead atoms. The summed E-state index contributed by atoms with van der Waals surface area (Å²) in [5, 5.41) is 7.85. The quantitative estimate of drug-likeness (QED) is 0.593. The average Bonchev–Trinajstić information content (AvgIpc) is 3.17. The number of carbonyl (C=O) groups excluding carboxylic acids is 2. The van der Waals surface area contributed by atoms with E-state index in [0.29, 0.717) is 37.4 Å². The highest BCUT2D eigenvalue weighted by molar-refractivity contribution is 6.30. The predicted molar refractivity (Wildman–Crippen MR) is 131 cm³/mol. The van der Waals surface area contributed by atoms with E-state index in [1.807, 2.05) is 4.90 Å². The van der Waals surface area contributed by atoms with Crippen molar-refractivity contribution < 1.29 is 27.5 Å². The second-order valence-electron chi connectivity index (χ2n) is 9.48. The van der Waals surface area contributed by atoms with Crippen molar-refractivity contribution >= 4 is 23.6 Å². The number of aromatic nitrogens is 2. The van der Waals surface area contributed by atoms with Gasteiger partial charge in [0, 0.05) is 37.7 Å². The molecule has 0 radical (unpaired) electrons. The summed E-state index contributed by atoms with van der Waals surface area (Å²) in [5.74, 6) is -0.124. The van der Waals surface area contributed by atoms with Crippen LogP contribution in [-0.2, 0) is 30.6 Å². The van der Waals surface area contributed by atoms with Gasteiger partial charge in [-0.3, -0.25) is 9.48 Å². The topological polar surface area (TPSA) is 79.7 Å². The Balaban J connectivity index is 1.45. The number of benzene rings is 1. The van der Waals surface area contributed by atoms with Crippen LogP contribution in [0.2, 0.25) is 5.02 Å². The van der Waals surface area contributed by atoms with Gasteiger partial charge < -0.3 is 19.9 Å². The Morgan fingerprint density at radius 2 is 1.89 bits per heavy atom. The van der Waals surface area contributed by atoms with Gasteiger partial charge in [0.1, 0.15) is 6.61 Å². The van der Waals surface area contributed by atoms with E-state index >= 15 is 0 Å². The number of fused-ring (bicyclic) bond motifs is 1. The smallest absolute Gasteiger partial charge is 0.416 e. The maximum atomic E-state index is 13.5. The molecule has 2 amide bonds. The highest BCUT2D eigenvalue weighted by atomic mass is 35.5. The molecule has 0 atom stereocenters. The maximum Gasteiger partial charge on any atom is 0.416 e. The minimum absolute atomic E-state index is 0.0867. The van der Waals surface area contributed by atoms with Gasteiger partial charge in [-0.2, -0.15) is 18.3 Å². The molecule has 8 nitrogen and oxygen atoms in total. The van der Waals surface area contributed by atoms with Gasteiger partial charge in [-0.15, -0.1) is 0 Å². The molecule has 0 aliphatic carbocycles. The zero-order valence-corrected chi connectivity index (χ0v) is 21.7. The molecule has 1 aromatic carbocycles. The Labute approximate surface area is 218 Å². The van der Waals surface area contributed by atoms with Gasteiger partial charge in [-0.1, -0.05) is 25.4 Å². The minimum Gasteiger partial charge on any atom is -0.445 e. The van der Waals surface area contributed by atoms with E-state index in [1.165, 1.54) is 11.0 Å². The number of amides is 2. The summed E-state index contributed by atoms with van der Waals surface area (Å²) in [5.41, 5.74) is 0.0258. The summed E-state index contributed by atoms with van der Waals surface area (Å²) in [7, 11) is 0. The number of hydrogen-bond donors (Lipinski definition) is 1. The Bertz CT molecular complexity index is 1150. The number of nitrogens with zero attached hydrogens (tertiary/aromatic N) is 4. The van der Waals surface area contributed by atoms with Gasteiger partial charge in [0.05, 0.1) is 23.3 Å². The molecule has 1 aromatic heterocycles. The first-order chi connectivity index (χ1) is 17.6. The van der Waals surface area contributed by atoms with Crippen molar-refractivity contribution in [1.29, 1.82) is 0 Å². The van der Waals surface area contributed by atoms with Gasteiger partial charge in [-0.25, -0.2) is 4.79 Å². The van der Waals surface area contributed by atoms with Crippen molar-refractivity contribution in [3.63, 3.8) is 0 Å². The lowest BCUT2D eigenvalue weighted by Gasteiger charge is -2.46. The van der Waals surface area contributed by atoms with Crippen molar-refractivity contribution in [3.8, 4) is 0 Å². The minimum atomic E-state index is -4.55. The molecular formula is C25H31ClF3N5O3. The molecule has 1 saturated heterocycles. The largest absolute Gasteiger partial charge is 0.445 e. The van der Waals surface area contributed by atoms with Gasteiger partial charge in [-0.05, 0) is 49.1 Å². The third-order valence-corrected chi connectivity index (χ3v) is 7.46. The average molecular weight is 542 g/mol. The van der Waals surface area contributed by atoms with Crippen molar-refractivity contribution in [1.82, 2.24) is 24.9 Å². The lowest BCUT2D eigenvalue weighted by molar-refractivity contribution is -0.137. The highest BCUT2D eigenvalue weighted by Crippen LogP contribution is 2.32. The third-order valence-electron chi connectivity index (χ3n) is 7.24. The van der Waals surface area contributed by atoms with Crippen LogP contribution in [0.4, 0.5) is 18.0 Å². The standard InChI is InChI=1S/C25H31ClF3N5O3/c1-3-24(4-2)16-30-6-9-33(24)22(35)21-13-20-14-32(7-5-8-34(20)31-21)23(36)37-15-17-10-18(25(27,28)29)12-19(26)11-17/h10-13,30H,3-9,14-16H2,1-2H3. The SMILES string of the molecule is CCC1(CC)CNCCN1C(=O)c1cc2n(n1)CCCN(C(=O)OCc1cc(Cl)cc(C(F)(F)F)c1)C2. The Hall–Kier alpha value is -2.79. The number of aryl methyl sites for hydroxylation is 1. The molecular weight excluding hydrogens is 511 g/mol. The fourth-order valence-electron chi connectivity index (χ4n) is 5.04. The second kappa shape index (κ2) is 10.9. The van der Waals surface area contributed by atoms with Crippen LogP contribution in [0.5, 0.6) is 0 Å². The van der Waals surface area contributed by atoms with Crippen molar-refractivity contribution in [3.05, 3.63) is 51.8 Å². The van der Waals surface area contributed by atoms with Crippen LogP contribution in [0, 0.1) is 0 Å². The molecule has 2 aromatic rings. The van der Waals surface area contributed by atoms with Crippen LogP contribution >= 0.6 is 11.6 Å². The molecule has 1 N–H and O–H groups in total. The normalized spacial score (nSPS) is 17.8. The van der Waals surface area contributed by atoms with Crippen LogP contribution in [0.25, 0.3) is 0 Å². The van der Waals surface area contributed by atoms with E-state index in [9.17, 15) is 22.8 Å². The fraction of sp³-hybridized carbons (Fsp3) is 0.560. The molecule has 0 unspecified atom stereocenters. The number of halogens is 4. The summed E-state index contributed by atoms with van der Waals surface area (Å²) in [4.78, 5) is 29.6. The fourth-order valence-corrected chi connectivity index (χ4v) is 5.30. The first kappa shape index (κ1) is 27.3. The molecule has 202 valence electrons. The van der Waals surface area contributed by atoms with Crippen molar-refractivity contribution in [2.45, 2.75) is 64.5 Å². The lowest BCUT2D eigenvalue weighted by Crippen LogP contribution is -2.62. The molecule has 0 saturated carbocycles. The summed E-state index contributed by atoms with van der Waals surface area (Å²) in [6.45, 7) is 6.96. The number of alkyl halides is 3. The maximum absolute atomic E-state index is 13.5. The van der Waals surface area contributed by atoms with Gasteiger partial charge in [0.15, 0.2) is 5.69 Å². The lowest BCUT2D eigenvalue weighted by atomic mass is 9.88. The Kier molecular flexibility index (Phi) is 8.03. The molecule has 0 spiro atoms. The van der Waals surface area contributed by atoms with Crippen LogP contribution in [0.1, 0.15) is 60.4 Å². The second-order valence-corrected chi connectivity index (χ2v) is 9.92. The van der Waals surface area contributed by atoms with Crippen molar-refractivity contribution in [2.75, 3.05) is 26.2 Å². The number of nitrogens with one attached hydrogen (secondary N) is 1. The Morgan fingerprint density at radius 1 is 1.14 bits per heavy atom. The van der Waals surface area contributed by atoms with Crippen LogP contribution < -0.4 is 5.32 Å². The number of carbonyl (C=O) groups is 2. The summed E-state index contributed by atoms with van der Waals surface area (Å²) in [6, 6.07) is 4.80. The van der Waals surface area contributed by atoms with Gasteiger partial charge in [0.25, 0.3) is 5.91 Å². The number of ether oxygens (including phenoxy) is 1. The third kappa shape index (κ3) is 5.87. The van der Waals surface area contributed by atoms with Gasteiger partial charge >= 0.3 is 12.3 Å². The molecule has 12 heteroatoms. The monoisotopic (exact) mass is 541 g/mol. The molecule has 1 fully saturated rings. The van der Waals surface area contributed by atoms with Crippen LogP contribution in [0.15, 0.2) is 24.3 Å². The van der Waals surface area contributed by atoms with Crippen LogP contribution in [0.3, 0.4) is 0 Å². The van der Waals surface area contributed by atoms with E-state index in [4.69, 9.17) is 16.3 Å². The molecule has 4 rings (SSSR count). The van der Waals surface area contributed by atoms with Gasteiger partial charge in [0.2, 0.25) is 0 Å². The number of hydrogen-bond acceptors (Lipinski definition) is 5. The van der Waals surface area contributed by atoms with E-state index in [2.05, 4.69) is 24.3 Å². The number of rotatable bonds is 5. The van der Waals surface area contributed by atoms with E-state index in [-0.39, 0.29) is 35.2 Å². The number of piperazine rings is 1. The summed E-state index contributed by atoms with van der Waals surface area (Å²) in [6.07, 6.45) is -2.97. The summed E-state index contributed by atoms with van der Waals surface area (Å²) < 4.78 is 46.3. The zero-order chi connectivity index (χ0) is 26.8. The van der Waals surface area contributed by atoms with E-state index < -0.39 is 17.8 Å². The molecule has 37 heavy (non-hydrogen) atoms. The predicted octanol–water partition coefficient (Wildman–Crippen LogP) is 4.70. The highest BCUT2D eigenvalue weighted by Gasteiger charge is 2.40. The van der Waals surface area contributed by atoms with Crippen LogP contribution in [-0.4, -0.2) is 63.3 Å². The van der Waals surface area contributed by atoms with E-state index in [1.54, 1.807) is 10.7 Å². The van der Waals surface area contributed by atoms with Crippen molar-refractivity contribution in [2.24, 2.45) is 0 Å². The van der Waals surface area contributed by atoms with E-state index in [0.717, 1.165) is 38.1 Å². The molecule has 3 heterocycles. The molecule has 2 aliphatic rings. The first-order valence-corrected chi connectivity index (χ1v) is 12.8.